The lowest BCUT2D eigenvalue weighted by atomic mass is 10.1. The predicted octanol–water partition coefficient (Wildman–Crippen LogP) is 2.39. The lowest BCUT2D eigenvalue weighted by molar-refractivity contribution is -0.0494. The number of piperidine rings is 1. The van der Waals surface area contributed by atoms with E-state index in [2.05, 4.69) is 9.97 Å². The molecule has 28 heavy (non-hydrogen) atoms. The third-order valence-corrected chi connectivity index (χ3v) is 4.83. The Labute approximate surface area is 158 Å². The predicted molar refractivity (Wildman–Crippen MR) is 97.5 cm³/mol. The van der Waals surface area contributed by atoms with E-state index in [9.17, 15) is 18.4 Å². The van der Waals surface area contributed by atoms with E-state index in [0.717, 1.165) is 5.39 Å². The molecule has 2 N–H and O–H groups in total. The first kappa shape index (κ1) is 18.0. The first-order valence-electron chi connectivity index (χ1n) is 8.74. The minimum Gasteiger partial charge on any atom is -0.364 e. The van der Waals surface area contributed by atoms with Crippen LogP contribution in [0.3, 0.4) is 0 Å². The highest BCUT2D eigenvalue weighted by molar-refractivity contribution is 5.97. The van der Waals surface area contributed by atoms with Gasteiger partial charge in [-0.3, -0.25) is 14.2 Å². The van der Waals surface area contributed by atoms with E-state index >= 15 is 0 Å². The number of aromatic nitrogens is 3. The second-order valence-corrected chi connectivity index (χ2v) is 6.74. The second-order valence-electron chi connectivity index (χ2n) is 6.74. The monoisotopic (exact) mass is 385 g/mol. The molecule has 7 nitrogen and oxygen atoms in total. The van der Waals surface area contributed by atoms with Crippen LogP contribution in [0.25, 0.3) is 16.7 Å². The van der Waals surface area contributed by atoms with E-state index in [4.69, 9.17) is 5.73 Å². The number of alkyl halides is 2. The molecular formula is C19H17F2N5O2. The molecule has 3 aromatic heterocycles. The Morgan fingerprint density at radius 3 is 2.46 bits per heavy atom. The standard InChI is InChI=1S/C19H17F2N5O2/c20-19(21)4-7-25(8-5-19)18(28)13-9-12-3-6-26(17(12)24-10-13)14-1-2-15(16(22)27)23-11-14/h1-3,6,9-11H,4-5,7-8H2,(H2,22,27). The van der Waals surface area contributed by atoms with Crippen molar-refractivity contribution in [3.8, 4) is 5.69 Å². The van der Waals surface area contributed by atoms with Gasteiger partial charge in [0.2, 0.25) is 0 Å². The fourth-order valence-corrected chi connectivity index (χ4v) is 3.24. The van der Waals surface area contributed by atoms with Crippen molar-refractivity contribution in [2.45, 2.75) is 18.8 Å². The molecule has 0 radical (unpaired) electrons. The van der Waals surface area contributed by atoms with E-state index in [-0.39, 0.29) is 37.5 Å². The molecule has 0 unspecified atom stereocenters. The van der Waals surface area contributed by atoms with Gasteiger partial charge in [-0.1, -0.05) is 0 Å². The minimum absolute atomic E-state index is 0.0305. The average molecular weight is 385 g/mol. The number of pyridine rings is 2. The molecule has 0 atom stereocenters. The summed E-state index contributed by atoms with van der Waals surface area (Å²) in [4.78, 5) is 33.6. The number of amides is 2. The third kappa shape index (κ3) is 3.30. The van der Waals surface area contributed by atoms with Gasteiger partial charge in [0.15, 0.2) is 0 Å². The maximum absolute atomic E-state index is 13.3. The Hall–Kier alpha value is -3.36. The van der Waals surface area contributed by atoms with E-state index in [1.807, 2.05) is 0 Å². The lowest BCUT2D eigenvalue weighted by Gasteiger charge is -2.31. The number of rotatable bonds is 3. The number of carbonyl (C=O) groups excluding carboxylic acids is 2. The normalized spacial score (nSPS) is 16.3. The first-order chi connectivity index (χ1) is 13.3. The Kier molecular flexibility index (Phi) is 4.29. The molecule has 1 saturated heterocycles. The highest BCUT2D eigenvalue weighted by atomic mass is 19.3. The zero-order valence-corrected chi connectivity index (χ0v) is 14.8. The SMILES string of the molecule is NC(=O)c1ccc(-n2ccc3cc(C(=O)N4CCC(F)(F)CC4)cnc32)cn1. The number of likely N-dealkylation sites (tertiary alicyclic amines) is 1. The van der Waals surface area contributed by atoms with E-state index in [1.165, 1.54) is 23.4 Å². The summed E-state index contributed by atoms with van der Waals surface area (Å²) in [7, 11) is 0. The molecule has 0 aliphatic carbocycles. The molecule has 4 heterocycles. The summed E-state index contributed by atoms with van der Waals surface area (Å²) in [5.41, 5.74) is 7.01. The molecule has 144 valence electrons. The van der Waals surface area contributed by atoms with Gasteiger partial charge in [-0.25, -0.2) is 18.7 Å². The Bertz CT molecular complexity index is 1050. The summed E-state index contributed by atoms with van der Waals surface area (Å²) in [6.45, 7) is 0.0610. The summed E-state index contributed by atoms with van der Waals surface area (Å²) in [6, 6.07) is 6.71. The van der Waals surface area contributed by atoms with Gasteiger partial charge >= 0.3 is 0 Å². The van der Waals surface area contributed by atoms with E-state index < -0.39 is 11.8 Å². The average Bonchev–Trinajstić information content (AvgIpc) is 3.10. The third-order valence-electron chi connectivity index (χ3n) is 4.83. The smallest absolute Gasteiger partial charge is 0.267 e. The first-order valence-corrected chi connectivity index (χ1v) is 8.74. The Morgan fingerprint density at radius 1 is 1.07 bits per heavy atom. The van der Waals surface area contributed by atoms with Crippen LogP contribution in [0.1, 0.15) is 33.7 Å². The Balaban J connectivity index is 1.59. The van der Waals surface area contributed by atoms with Gasteiger partial charge in [0.25, 0.3) is 17.7 Å². The minimum atomic E-state index is -2.70. The molecule has 2 amide bonds. The molecule has 4 rings (SSSR count). The number of hydrogen-bond acceptors (Lipinski definition) is 4. The summed E-state index contributed by atoms with van der Waals surface area (Å²) in [6.07, 6.45) is 4.08. The van der Waals surface area contributed by atoms with Crippen molar-refractivity contribution in [1.82, 2.24) is 19.4 Å². The van der Waals surface area contributed by atoms with Crippen molar-refractivity contribution < 1.29 is 18.4 Å². The number of primary amides is 1. The van der Waals surface area contributed by atoms with Crippen LogP contribution >= 0.6 is 0 Å². The fourth-order valence-electron chi connectivity index (χ4n) is 3.24. The highest BCUT2D eigenvalue weighted by Crippen LogP contribution is 2.28. The van der Waals surface area contributed by atoms with Gasteiger partial charge in [-0.15, -0.1) is 0 Å². The largest absolute Gasteiger partial charge is 0.364 e. The summed E-state index contributed by atoms with van der Waals surface area (Å²) >= 11 is 0. The van der Waals surface area contributed by atoms with Gasteiger partial charge in [-0.2, -0.15) is 0 Å². The molecule has 9 heteroatoms. The molecular weight excluding hydrogens is 368 g/mol. The van der Waals surface area contributed by atoms with Crippen molar-refractivity contribution in [1.29, 1.82) is 0 Å². The van der Waals surface area contributed by atoms with Gasteiger partial charge in [0, 0.05) is 43.7 Å². The van der Waals surface area contributed by atoms with Gasteiger partial charge in [-0.05, 0) is 24.3 Å². The zero-order valence-electron chi connectivity index (χ0n) is 14.8. The summed E-state index contributed by atoms with van der Waals surface area (Å²) in [5.74, 6) is -3.61. The van der Waals surface area contributed by atoms with Crippen molar-refractivity contribution >= 4 is 22.8 Å². The molecule has 0 bridgehead atoms. The molecule has 1 fully saturated rings. The van der Waals surface area contributed by atoms with Crippen LogP contribution < -0.4 is 5.73 Å². The molecule has 3 aromatic rings. The van der Waals surface area contributed by atoms with Crippen LogP contribution in [0.5, 0.6) is 0 Å². The lowest BCUT2D eigenvalue weighted by Crippen LogP contribution is -2.42. The molecule has 0 saturated carbocycles. The molecule has 1 aliphatic heterocycles. The maximum Gasteiger partial charge on any atom is 0.267 e. The highest BCUT2D eigenvalue weighted by Gasteiger charge is 2.35. The fraction of sp³-hybridized carbons (Fsp3) is 0.263. The van der Waals surface area contributed by atoms with E-state index in [0.29, 0.717) is 16.9 Å². The summed E-state index contributed by atoms with van der Waals surface area (Å²) in [5, 5.41) is 0.729. The second kappa shape index (κ2) is 6.66. The Morgan fingerprint density at radius 2 is 1.82 bits per heavy atom. The van der Waals surface area contributed by atoms with Crippen molar-refractivity contribution in [2.75, 3.05) is 13.1 Å². The van der Waals surface area contributed by atoms with Gasteiger partial charge < -0.3 is 10.6 Å². The molecule has 1 aliphatic rings. The van der Waals surface area contributed by atoms with Crippen LogP contribution in [-0.4, -0.2) is 50.3 Å². The van der Waals surface area contributed by atoms with Crippen molar-refractivity contribution in [3.05, 3.63) is 54.1 Å². The van der Waals surface area contributed by atoms with Gasteiger partial charge in [0.05, 0.1) is 17.4 Å². The number of hydrogen-bond donors (Lipinski definition) is 1. The van der Waals surface area contributed by atoms with E-state index in [1.54, 1.807) is 29.0 Å². The quantitative estimate of drug-likeness (QED) is 0.749. The number of carbonyl (C=O) groups is 2. The van der Waals surface area contributed by atoms with Gasteiger partial charge in [0.1, 0.15) is 11.3 Å². The maximum atomic E-state index is 13.3. The summed E-state index contributed by atoms with van der Waals surface area (Å²) < 4.78 is 28.4. The van der Waals surface area contributed by atoms with Crippen LogP contribution in [0, 0.1) is 0 Å². The van der Waals surface area contributed by atoms with Crippen LogP contribution in [0.2, 0.25) is 0 Å². The topological polar surface area (TPSA) is 94.1 Å². The zero-order chi connectivity index (χ0) is 19.9. The number of nitrogens with two attached hydrogens (primary N) is 1. The number of fused-ring (bicyclic) bond motifs is 1. The van der Waals surface area contributed by atoms with Crippen molar-refractivity contribution in [2.24, 2.45) is 5.73 Å². The molecule has 0 spiro atoms. The van der Waals surface area contributed by atoms with Crippen LogP contribution in [-0.2, 0) is 0 Å². The molecule has 0 aromatic carbocycles. The number of nitrogens with zero attached hydrogens (tertiary/aromatic N) is 4. The van der Waals surface area contributed by atoms with Crippen LogP contribution in [0.15, 0.2) is 42.9 Å². The number of halogens is 2. The van der Waals surface area contributed by atoms with Crippen molar-refractivity contribution in [3.63, 3.8) is 0 Å². The van der Waals surface area contributed by atoms with Crippen LogP contribution in [0.4, 0.5) is 8.78 Å².